The highest BCUT2D eigenvalue weighted by Gasteiger charge is 2.10. The van der Waals surface area contributed by atoms with Crippen LogP contribution >= 0.6 is 11.6 Å². The Labute approximate surface area is 124 Å². The first kappa shape index (κ1) is 16.6. The van der Waals surface area contributed by atoms with E-state index in [0.29, 0.717) is 42.6 Å². The molecule has 0 aromatic heterocycles. The van der Waals surface area contributed by atoms with Gasteiger partial charge >= 0.3 is 0 Å². The van der Waals surface area contributed by atoms with Crippen LogP contribution in [0.25, 0.3) is 0 Å². The van der Waals surface area contributed by atoms with Crippen LogP contribution in [0.4, 0.5) is 0 Å². The molecular formula is C14H21ClN2O3. The predicted molar refractivity (Wildman–Crippen MR) is 79.6 cm³/mol. The minimum absolute atomic E-state index is 0.0466. The Morgan fingerprint density at radius 1 is 1.30 bits per heavy atom. The van der Waals surface area contributed by atoms with Crippen molar-refractivity contribution in [2.75, 3.05) is 27.3 Å². The molecule has 1 aromatic rings. The van der Waals surface area contributed by atoms with Gasteiger partial charge in [-0.05, 0) is 24.6 Å². The molecule has 112 valence electrons. The number of carbonyl (C=O) groups is 1. The fourth-order valence-electron chi connectivity index (χ4n) is 1.79. The van der Waals surface area contributed by atoms with Crippen LogP contribution in [0.3, 0.4) is 0 Å². The van der Waals surface area contributed by atoms with Gasteiger partial charge in [0.25, 0.3) is 0 Å². The highest BCUT2D eigenvalue weighted by molar-refractivity contribution is 6.32. The van der Waals surface area contributed by atoms with Gasteiger partial charge in [-0.3, -0.25) is 4.79 Å². The van der Waals surface area contributed by atoms with Gasteiger partial charge in [0.2, 0.25) is 5.91 Å². The highest BCUT2D eigenvalue weighted by atomic mass is 35.5. The van der Waals surface area contributed by atoms with Gasteiger partial charge in [-0.2, -0.15) is 0 Å². The van der Waals surface area contributed by atoms with Crippen molar-refractivity contribution < 1.29 is 14.3 Å². The Balaban J connectivity index is 2.52. The molecule has 0 atom stereocenters. The maximum atomic E-state index is 11.3. The lowest BCUT2D eigenvalue weighted by atomic mass is 10.2. The standard InChI is InChI=1S/C14H21ClN2O3/c1-4-17-13(18)5-6-16-9-10-7-11(15)14(20-3)12(8-10)19-2/h7-8,16H,4-6,9H2,1-3H3,(H,17,18). The summed E-state index contributed by atoms with van der Waals surface area (Å²) in [5, 5.41) is 6.45. The fraction of sp³-hybridized carbons (Fsp3) is 0.500. The first-order valence-corrected chi connectivity index (χ1v) is 6.88. The van der Waals surface area contributed by atoms with E-state index in [1.54, 1.807) is 14.2 Å². The van der Waals surface area contributed by atoms with E-state index in [0.717, 1.165) is 5.56 Å². The van der Waals surface area contributed by atoms with Crippen LogP contribution in [-0.4, -0.2) is 33.2 Å². The van der Waals surface area contributed by atoms with Crippen LogP contribution in [0.15, 0.2) is 12.1 Å². The van der Waals surface area contributed by atoms with Crippen molar-refractivity contribution in [3.63, 3.8) is 0 Å². The minimum atomic E-state index is 0.0466. The van der Waals surface area contributed by atoms with Gasteiger partial charge in [-0.1, -0.05) is 11.6 Å². The number of hydrogen-bond donors (Lipinski definition) is 2. The van der Waals surface area contributed by atoms with E-state index in [9.17, 15) is 4.79 Å². The molecule has 20 heavy (non-hydrogen) atoms. The Bertz CT molecular complexity index is 452. The number of ether oxygens (including phenoxy) is 2. The molecule has 2 N–H and O–H groups in total. The van der Waals surface area contributed by atoms with E-state index in [1.165, 1.54) is 0 Å². The minimum Gasteiger partial charge on any atom is -0.493 e. The topological polar surface area (TPSA) is 59.6 Å². The summed E-state index contributed by atoms with van der Waals surface area (Å²) in [4.78, 5) is 11.3. The van der Waals surface area contributed by atoms with E-state index >= 15 is 0 Å². The zero-order valence-electron chi connectivity index (χ0n) is 12.1. The largest absolute Gasteiger partial charge is 0.493 e. The fourth-order valence-corrected chi connectivity index (χ4v) is 2.10. The lowest BCUT2D eigenvalue weighted by Crippen LogP contribution is -2.27. The molecule has 1 amide bonds. The van der Waals surface area contributed by atoms with Gasteiger partial charge in [0.05, 0.1) is 19.2 Å². The monoisotopic (exact) mass is 300 g/mol. The maximum Gasteiger partial charge on any atom is 0.221 e. The van der Waals surface area contributed by atoms with Gasteiger partial charge in [0.1, 0.15) is 0 Å². The third-order valence-electron chi connectivity index (χ3n) is 2.73. The number of halogens is 1. The average Bonchev–Trinajstić information content (AvgIpc) is 2.43. The SMILES string of the molecule is CCNC(=O)CCNCc1cc(Cl)c(OC)c(OC)c1. The molecule has 0 saturated carbocycles. The van der Waals surface area contributed by atoms with Crippen molar-refractivity contribution >= 4 is 17.5 Å². The van der Waals surface area contributed by atoms with Crippen molar-refractivity contribution in [3.05, 3.63) is 22.7 Å². The van der Waals surface area contributed by atoms with E-state index < -0.39 is 0 Å². The second kappa shape index (κ2) is 8.66. The Kier molecular flexibility index (Phi) is 7.18. The molecule has 6 heteroatoms. The number of methoxy groups -OCH3 is 2. The normalized spacial score (nSPS) is 10.2. The summed E-state index contributed by atoms with van der Waals surface area (Å²) in [7, 11) is 3.12. The van der Waals surface area contributed by atoms with Crippen LogP contribution in [0.2, 0.25) is 5.02 Å². The van der Waals surface area contributed by atoms with Gasteiger partial charge in [-0.25, -0.2) is 0 Å². The van der Waals surface area contributed by atoms with Crippen LogP contribution < -0.4 is 20.1 Å². The third kappa shape index (κ3) is 4.90. The van der Waals surface area contributed by atoms with E-state index in [2.05, 4.69) is 10.6 Å². The molecule has 0 unspecified atom stereocenters. The van der Waals surface area contributed by atoms with Gasteiger partial charge in [-0.15, -0.1) is 0 Å². The lowest BCUT2D eigenvalue weighted by Gasteiger charge is -2.12. The van der Waals surface area contributed by atoms with Crippen molar-refractivity contribution in [1.82, 2.24) is 10.6 Å². The number of amides is 1. The molecule has 0 spiro atoms. The first-order chi connectivity index (χ1) is 9.62. The molecule has 0 radical (unpaired) electrons. The van der Waals surface area contributed by atoms with Crippen molar-refractivity contribution in [2.45, 2.75) is 19.9 Å². The molecule has 0 bridgehead atoms. The molecule has 0 aliphatic rings. The molecule has 0 saturated heterocycles. The molecule has 0 fully saturated rings. The van der Waals surface area contributed by atoms with Crippen molar-refractivity contribution in [3.8, 4) is 11.5 Å². The molecular weight excluding hydrogens is 280 g/mol. The van der Waals surface area contributed by atoms with E-state index in [-0.39, 0.29) is 5.91 Å². The van der Waals surface area contributed by atoms with Crippen LogP contribution in [0.1, 0.15) is 18.9 Å². The zero-order valence-corrected chi connectivity index (χ0v) is 12.8. The summed E-state index contributed by atoms with van der Waals surface area (Å²) in [5.41, 5.74) is 0.976. The van der Waals surface area contributed by atoms with Gasteiger partial charge < -0.3 is 20.1 Å². The maximum absolute atomic E-state index is 11.3. The lowest BCUT2D eigenvalue weighted by molar-refractivity contribution is -0.120. The van der Waals surface area contributed by atoms with Crippen LogP contribution in [-0.2, 0) is 11.3 Å². The van der Waals surface area contributed by atoms with E-state index in [1.807, 2.05) is 19.1 Å². The number of nitrogens with one attached hydrogen (secondary N) is 2. The Morgan fingerprint density at radius 2 is 2.05 bits per heavy atom. The molecule has 5 nitrogen and oxygen atoms in total. The number of rotatable bonds is 8. The van der Waals surface area contributed by atoms with Gasteiger partial charge in [0, 0.05) is 26.1 Å². The first-order valence-electron chi connectivity index (χ1n) is 6.50. The smallest absolute Gasteiger partial charge is 0.221 e. The van der Waals surface area contributed by atoms with Crippen LogP contribution in [0.5, 0.6) is 11.5 Å². The number of hydrogen-bond acceptors (Lipinski definition) is 4. The van der Waals surface area contributed by atoms with Gasteiger partial charge in [0.15, 0.2) is 11.5 Å². The van der Waals surface area contributed by atoms with E-state index in [4.69, 9.17) is 21.1 Å². The Morgan fingerprint density at radius 3 is 2.65 bits per heavy atom. The second-order valence-corrected chi connectivity index (χ2v) is 4.60. The summed E-state index contributed by atoms with van der Waals surface area (Å²) in [6, 6.07) is 3.69. The second-order valence-electron chi connectivity index (χ2n) is 4.19. The molecule has 0 heterocycles. The summed E-state index contributed by atoms with van der Waals surface area (Å²) in [5.74, 6) is 1.17. The zero-order chi connectivity index (χ0) is 15.0. The summed E-state index contributed by atoms with van der Waals surface area (Å²) in [6.07, 6.45) is 0.453. The molecule has 1 rings (SSSR count). The average molecular weight is 301 g/mol. The van der Waals surface area contributed by atoms with Crippen molar-refractivity contribution in [1.29, 1.82) is 0 Å². The Hall–Kier alpha value is -1.46. The molecule has 1 aromatic carbocycles. The quantitative estimate of drug-likeness (QED) is 0.721. The number of carbonyl (C=O) groups excluding carboxylic acids is 1. The summed E-state index contributed by atoms with van der Waals surface area (Å²) in [6.45, 7) is 3.78. The third-order valence-corrected chi connectivity index (χ3v) is 3.01. The molecule has 0 aliphatic carbocycles. The van der Waals surface area contributed by atoms with Crippen molar-refractivity contribution in [2.24, 2.45) is 0 Å². The number of benzene rings is 1. The highest BCUT2D eigenvalue weighted by Crippen LogP contribution is 2.35. The summed E-state index contributed by atoms with van der Waals surface area (Å²) < 4.78 is 10.4. The predicted octanol–water partition coefficient (Wildman–Crippen LogP) is 1.97. The summed E-state index contributed by atoms with van der Waals surface area (Å²) >= 11 is 6.12. The van der Waals surface area contributed by atoms with Crippen LogP contribution in [0, 0.1) is 0 Å². The molecule has 0 aliphatic heterocycles.